The van der Waals surface area contributed by atoms with Crippen LogP contribution in [0.5, 0.6) is 0 Å². The van der Waals surface area contributed by atoms with E-state index in [1.807, 2.05) is 24.3 Å². The number of benzene rings is 2. The van der Waals surface area contributed by atoms with Gasteiger partial charge in [-0.2, -0.15) is 0 Å². The van der Waals surface area contributed by atoms with Gasteiger partial charge in [-0.05, 0) is 29.7 Å². The summed E-state index contributed by atoms with van der Waals surface area (Å²) in [4.78, 5) is 53.1. The van der Waals surface area contributed by atoms with E-state index in [1.165, 1.54) is 7.05 Å². The first-order valence-corrected chi connectivity index (χ1v) is 13.2. The molecule has 12 heteroatoms. The van der Waals surface area contributed by atoms with E-state index in [4.69, 9.17) is 4.74 Å². The summed E-state index contributed by atoms with van der Waals surface area (Å²) < 4.78 is 35.2. The molecule has 0 saturated carbocycles. The molecule has 3 aliphatic heterocycles. The Labute approximate surface area is 230 Å². The Balaban J connectivity index is 1.06. The summed E-state index contributed by atoms with van der Waals surface area (Å²) in [6, 6.07) is 9.89. The van der Waals surface area contributed by atoms with E-state index in [-0.39, 0.29) is 36.2 Å². The number of aldehydes is 1. The Kier molecular flexibility index (Phi) is 7.85. The van der Waals surface area contributed by atoms with Gasteiger partial charge < -0.3 is 34.9 Å². The summed E-state index contributed by atoms with van der Waals surface area (Å²) >= 11 is 0. The zero-order chi connectivity index (χ0) is 28.4. The third-order valence-electron chi connectivity index (χ3n) is 7.62. The smallest absolute Gasteiger partial charge is 0.407 e. The number of fused-ring (bicyclic) bond motifs is 1. The molecule has 0 radical (unpaired) electrons. The molecule has 5 rings (SSSR count). The lowest BCUT2D eigenvalue weighted by atomic mass is 9.92. The third kappa shape index (κ3) is 5.56. The van der Waals surface area contributed by atoms with E-state index < -0.39 is 35.7 Å². The minimum atomic E-state index is -1.12. The van der Waals surface area contributed by atoms with Crippen molar-refractivity contribution in [3.63, 3.8) is 0 Å². The van der Waals surface area contributed by atoms with Crippen molar-refractivity contribution >= 4 is 30.0 Å². The van der Waals surface area contributed by atoms with E-state index in [9.17, 15) is 28.0 Å². The summed E-state index contributed by atoms with van der Waals surface area (Å²) in [5.41, 5.74) is 2.20. The van der Waals surface area contributed by atoms with Gasteiger partial charge in [0.1, 0.15) is 24.0 Å². The van der Waals surface area contributed by atoms with Crippen molar-refractivity contribution in [3.8, 4) is 0 Å². The molecule has 2 saturated heterocycles. The van der Waals surface area contributed by atoms with Crippen LogP contribution in [0.3, 0.4) is 0 Å². The van der Waals surface area contributed by atoms with Crippen molar-refractivity contribution in [1.82, 2.24) is 20.4 Å². The molecule has 0 bridgehead atoms. The predicted octanol–water partition coefficient (Wildman–Crippen LogP) is 2.51. The highest BCUT2D eigenvalue weighted by Gasteiger charge is 2.38. The van der Waals surface area contributed by atoms with Crippen molar-refractivity contribution < 1.29 is 32.7 Å². The fourth-order valence-corrected chi connectivity index (χ4v) is 5.37. The second-order valence-corrected chi connectivity index (χ2v) is 10.3. The zero-order valence-corrected chi connectivity index (χ0v) is 22.1. The number of likely N-dealkylation sites (N-methyl/N-ethyl adjacent to an activating group) is 1. The molecule has 40 heavy (non-hydrogen) atoms. The number of amides is 4. The Bertz CT molecular complexity index is 1260. The molecule has 4 amide bonds. The number of carbonyl (C=O) groups is 4. The standard InChI is InChI=1S/C28H31F2N5O5/c1-31-26(37)22(7-4-8-36)25-23(29)9-20(10-24(25)30)33-13-19(14-33)32-27(38)40-21-15-35(16-21)28(39)34-11-17-5-2-3-6-18(17)12-34/h2-3,5-6,8-10,19,21-22H,4,7,11-16H2,1H3,(H,31,37)(H,32,38). The van der Waals surface area contributed by atoms with E-state index >= 15 is 0 Å². The topological polar surface area (TPSA) is 111 Å². The number of anilines is 1. The fraction of sp³-hybridized carbons (Fsp3) is 0.429. The summed E-state index contributed by atoms with van der Waals surface area (Å²) in [6.45, 7) is 2.43. The number of carbonyl (C=O) groups excluding carboxylic acids is 4. The molecule has 2 N–H and O–H groups in total. The zero-order valence-electron chi connectivity index (χ0n) is 22.1. The van der Waals surface area contributed by atoms with Crippen LogP contribution in [0.4, 0.5) is 24.1 Å². The molecule has 10 nitrogen and oxygen atoms in total. The lowest BCUT2D eigenvalue weighted by Crippen LogP contribution is -2.62. The van der Waals surface area contributed by atoms with Crippen LogP contribution in [0.2, 0.25) is 0 Å². The van der Waals surface area contributed by atoms with E-state index in [1.54, 1.807) is 14.7 Å². The molecule has 2 fully saturated rings. The van der Waals surface area contributed by atoms with Gasteiger partial charge in [0.25, 0.3) is 0 Å². The largest absolute Gasteiger partial charge is 0.442 e. The molecule has 2 aromatic rings. The van der Waals surface area contributed by atoms with Crippen LogP contribution >= 0.6 is 0 Å². The van der Waals surface area contributed by atoms with Crippen LogP contribution in [-0.2, 0) is 27.4 Å². The number of rotatable bonds is 8. The maximum atomic E-state index is 14.9. The Morgan fingerprint density at radius 3 is 2.23 bits per heavy atom. The Morgan fingerprint density at radius 2 is 1.65 bits per heavy atom. The molecule has 0 aliphatic carbocycles. The molecule has 1 unspecified atom stereocenters. The highest BCUT2D eigenvalue weighted by atomic mass is 19.1. The Morgan fingerprint density at radius 1 is 1.02 bits per heavy atom. The highest BCUT2D eigenvalue weighted by Crippen LogP contribution is 2.32. The number of hydrogen-bond acceptors (Lipinski definition) is 6. The van der Waals surface area contributed by atoms with Crippen LogP contribution in [0.15, 0.2) is 36.4 Å². The van der Waals surface area contributed by atoms with Crippen LogP contribution in [0, 0.1) is 11.6 Å². The average molecular weight is 556 g/mol. The summed E-state index contributed by atoms with van der Waals surface area (Å²) in [5, 5.41) is 5.12. The molecule has 0 spiro atoms. The van der Waals surface area contributed by atoms with E-state index in [0.29, 0.717) is 45.6 Å². The quantitative estimate of drug-likeness (QED) is 0.485. The van der Waals surface area contributed by atoms with Crippen LogP contribution in [-0.4, -0.2) is 79.5 Å². The SMILES string of the molecule is CNC(=O)C(CCC=O)c1c(F)cc(N2CC(NC(=O)OC3CN(C(=O)N4Cc5ccccc5C4)C3)C2)cc1F. The fourth-order valence-electron chi connectivity index (χ4n) is 5.37. The minimum absolute atomic E-state index is 0.00325. The van der Waals surface area contributed by atoms with Gasteiger partial charge in [0, 0.05) is 50.9 Å². The molecule has 3 aliphatic rings. The summed E-state index contributed by atoms with van der Waals surface area (Å²) in [6.07, 6.45) is -0.406. The molecule has 3 heterocycles. The number of alkyl carbamates (subject to hydrolysis) is 1. The number of urea groups is 1. The number of halogens is 2. The van der Waals surface area contributed by atoms with Gasteiger partial charge in [0.2, 0.25) is 5.91 Å². The van der Waals surface area contributed by atoms with Crippen LogP contribution < -0.4 is 15.5 Å². The van der Waals surface area contributed by atoms with Gasteiger partial charge in [-0.3, -0.25) is 4.79 Å². The van der Waals surface area contributed by atoms with Gasteiger partial charge in [0.15, 0.2) is 0 Å². The highest BCUT2D eigenvalue weighted by molar-refractivity contribution is 5.84. The van der Waals surface area contributed by atoms with E-state index in [0.717, 1.165) is 23.3 Å². The predicted molar refractivity (Wildman–Crippen MR) is 141 cm³/mol. The molecular weight excluding hydrogens is 524 g/mol. The van der Waals surface area contributed by atoms with Gasteiger partial charge in [0.05, 0.1) is 25.0 Å². The van der Waals surface area contributed by atoms with Crippen molar-refractivity contribution in [2.75, 3.05) is 38.1 Å². The second kappa shape index (κ2) is 11.5. The van der Waals surface area contributed by atoms with Crippen molar-refractivity contribution in [3.05, 3.63) is 64.7 Å². The molecule has 1 atom stereocenters. The Hall–Kier alpha value is -4.22. The lowest BCUT2D eigenvalue weighted by molar-refractivity contribution is -0.122. The lowest BCUT2D eigenvalue weighted by Gasteiger charge is -2.43. The number of hydrogen-bond donors (Lipinski definition) is 2. The van der Waals surface area contributed by atoms with Crippen molar-refractivity contribution in [1.29, 1.82) is 0 Å². The number of nitrogens with one attached hydrogen (secondary N) is 2. The summed E-state index contributed by atoms with van der Waals surface area (Å²) in [5.74, 6) is -3.42. The first-order valence-electron chi connectivity index (χ1n) is 13.2. The molecular formula is C28H31F2N5O5. The monoisotopic (exact) mass is 555 g/mol. The van der Waals surface area contributed by atoms with E-state index in [2.05, 4.69) is 10.6 Å². The third-order valence-corrected chi connectivity index (χ3v) is 7.62. The maximum Gasteiger partial charge on any atom is 0.407 e. The van der Waals surface area contributed by atoms with Gasteiger partial charge in [-0.1, -0.05) is 24.3 Å². The number of likely N-dealkylation sites (tertiary alicyclic amines) is 1. The molecule has 2 aromatic carbocycles. The molecule has 0 aromatic heterocycles. The minimum Gasteiger partial charge on any atom is -0.442 e. The first kappa shape index (κ1) is 27.4. The average Bonchev–Trinajstić information content (AvgIpc) is 3.33. The van der Waals surface area contributed by atoms with Gasteiger partial charge in [-0.15, -0.1) is 0 Å². The molecule has 212 valence electrons. The normalized spacial score (nSPS) is 17.4. The van der Waals surface area contributed by atoms with Gasteiger partial charge in [-0.25, -0.2) is 18.4 Å². The van der Waals surface area contributed by atoms with Crippen LogP contribution in [0.25, 0.3) is 0 Å². The number of ether oxygens (including phenoxy) is 1. The number of nitrogens with zero attached hydrogens (tertiary/aromatic N) is 3. The summed E-state index contributed by atoms with van der Waals surface area (Å²) in [7, 11) is 1.37. The van der Waals surface area contributed by atoms with Crippen molar-refractivity contribution in [2.45, 2.75) is 44.0 Å². The maximum absolute atomic E-state index is 14.9. The first-order chi connectivity index (χ1) is 19.3. The van der Waals surface area contributed by atoms with Crippen LogP contribution in [0.1, 0.15) is 35.4 Å². The second-order valence-electron chi connectivity index (χ2n) is 10.3. The van der Waals surface area contributed by atoms with Gasteiger partial charge >= 0.3 is 12.1 Å². The van der Waals surface area contributed by atoms with Crippen molar-refractivity contribution in [2.24, 2.45) is 0 Å².